The van der Waals surface area contributed by atoms with Crippen molar-refractivity contribution in [3.8, 4) is 0 Å². The molecule has 66 valence electrons. The van der Waals surface area contributed by atoms with E-state index in [0.717, 1.165) is 0 Å². The Morgan fingerprint density at radius 3 is 2.36 bits per heavy atom. The fraction of sp³-hybridized carbons (Fsp3) is 0.875. The second-order valence-electron chi connectivity index (χ2n) is 2.91. The Bertz CT molecular complexity index is 121. The third-order valence-corrected chi connectivity index (χ3v) is 1.33. The standard InChI is InChI=1S/C8H16O3/c1-4-11-7(8(9)10)5-6(2)3/h6-7H,4-5H2,1-3H3,(H,9,10). The maximum atomic E-state index is 10.5. The van der Waals surface area contributed by atoms with E-state index in [-0.39, 0.29) is 0 Å². The van der Waals surface area contributed by atoms with E-state index in [2.05, 4.69) is 0 Å². The van der Waals surface area contributed by atoms with E-state index in [4.69, 9.17) is 9.84 Å². The number of ether oxygens (including phenoxy) is 1. The first-order chi connectivity index (χ1) is 5.07. The second kappa shape index (κ2) is 5.13. The summed E-state index contributed by atoms with van der Waals surface area (Å²) in [5.74, 6) is -0.497. The lowest BCUT2D eigenvalue weighted by Crippen LogP contribution is -2.25. The molecule has 0 heterocycles. The van der Waals surface area contributed by atoms with Crippen molar-refractivity contribution in [1.82, 2.24) is 0 Å². The van der Waals surface area contributed by atoms with Gasteiger partial charge >= 0.3 is 5.97 Å². The van der Waals surface area contributed by atoms with E-state index in [1.54, 1.807) is 6.92 Å². The Balaban J connectivity index is 3.79. The van der Waals surface area contributed by atoms with E-state index in [0.29, 0.717) is 18.9 Å². The van der Waals surface area contributed by atoms with Gasteiger partial charge in [-0.1, -0.05) is 13.8 Å². The second-order valence-corrected chi connectivity index (χ2v) is 2.91. The normalized spacial score (nSPS) is 13.5. The molecule has 0 saturated heterocycles. The van der Waals surface area contributed by atoms with Gasteiger partial charge in [-0.3, -0.25) is 0 Å². The molecule has 3 nitrogen and oxygen atoms in total. The van der Waals surface area contributed by atoms with Crippen LogP contribution in [0.15, 0.2) is 0 Å². The van der Waals surface area contributed by atoms with Gasteiger partial charge in [0, 0.05) is 6.61 Å². The molecule has 11 heavy (non-hydrogen) atoms. The SMILES string of the molecule is CCOC(CC(C)C)C(=O)O. The number of carboxylic acids is 1. The van der Waals surface area contributed by atoms with Gasteiger partial charge in [-0.25, -0.2) is 4.79 Å². The van der Waals surface area contributed by atoms with Crippen molar-refractivity contribution in [2.75, 3.05) is 6.61 Å². The Labute approximate surface area is 67.4 Å². The molecule has 1 atom stereocenters. The topological polar surface area (TPSA) is 46.5 Å². The van der Waals surface area contributed by atoms with Gasteiger partial charge in [0.15, 0.2) is 6.10 Å². The Hall–Kier alpha value is -0.570. The van der Waals surface area contributed by atoms with E-state index in [9.17, 15) is 4.79 Å². The molecular formula is C8H16O3. The van der Waals surface area contributed by atoms with Crippen molar-refractivity contribution in [3.63, 3.8) is 0 Å². The zero-order valence-corrected chi connectivity index (χ0v) is 7.33. The van der Waals surface area contributed by atoms with Crippen LogP contribution >= 0.6 is 0 Å². The third kappa shape index (κ3) is 4.79. The predicted molar refractivity (Wildman–Crippen MR) is 42.5 cm³/mol. The summed E-state index contributed by atoms with van der Waals surface area (Å²) >= 11 is 0. The molecule has 0 spiro atoms. The van der Waals surface area contributed by atoms with Crippen LogP contribution in [0.3, 0.4) is 0 Å². The highest BCUT2D eigenvalue weighted by Gasteiger charge is 2.18. The Morgan fingerprint density at radius 2 is 2.09 bits per heavy atom. The van der Waals surface area contributed by atoms with Crippen molar-refractivity contribution in [1.29, 1.82) is 0 Å². The summed E-state index contributed by atoms with van der Waals surface area (Å²) in [6.07, 6.45) is -0.0385. The number of hydrogen-bond acceptors (Lipinski definition) is 2. The molecular weight excluding hydrogens is 144 g/mol. The molecule has 0 fully saturated rings. The number of aliphatic carboxylic acids is 1. The minimum absolute atomic E-state index is 0.364. The first kappa shape index (κ1) is 10.4. The summed E-state index contributed by atoms with van der Waals surface area (Å²) in [6, 6.07) is 0. The van der Waals surface area contributed by atoms with E-state index >= 15 is 0 Å². The molecule has 0 aromatic heterocycles. The van der Waals surface area contributed by atoms with Gasteiger partial charge in [-0.2, -0.15) is 0 Å². The summed E-state index contributed by atoms with van der Waals surface area (Å²) in [5, 5.41) is 8.63. The fourth-order valence-electron chi connectivity index (χ4n) is 0.869. The van der Waals surface area contributed by atoms with Crippen LogP contribution in [0, 0.1) is 5.92 Å². The minimum Gasteiger partial charge on any atom is -0.479 e. The molecule has 0 aromatic carbocycles. The van der Waals surface area contributed by atoms with E-state index in [1.807, 2.05) is 13.8 Å². The largest absolute Gasteiger partial charge is 0.479 e. The van der Waals surface area contributed by atoms with Crippen molar-refractivity contribution < 1.29 is 14.6 Å². The molecule has 0 saturated carbocycles. The van der Waals surface area contributed by atoms with E-state index < -0.39 is 12.1 Å². The lowest BCUT2D eigenvalue weighted by molar-refractivity contribution is -0.151. The predicted octanol–water partition coefficient (Wildman–Crippen LogP) is 1.52. The van der Waals surface area contributed by atoms with E-state index in [1.165, 1.54) is 0 Å². The summed E-state index contributed by atoms with van der Waals surface area (Å²) < 4.78 is 5.01. The van der Waals surface area contributed by atoms with Crippen LogP contribution < -0.4 is 0 Å². The molecule has 0 aromatic rings. The Morgan fingerprint density at radius 1 is 1.55 bits per heavy atom. The maximum Gasteiger partial charge on any atom is 0.332 e. The number of carbonyl (C=O) groups is 1. The van der Waals surface area contributed by atoms with Crippen LogP contribution in [0.2, 0.25) is 0 Å². The van der Waals surface area contributed by atoms with Crippen molar-refractivity contribution in [2.45, 2.75) is 33.3 Å². The molecule has 0 aliphatic carbocycles. The third-order valence-electron chi connectivity index (χ3n) is 1.33. The zero-order valence-electron chi connectivity index (χ0n) is 7.33. The summed E-state index contributed by atoms with van der Waals surface area (Å²) in [6.45, 7) is 6.23. The van der Waals surface area contributed by atoms with Crippen LogP contribution in [0.4, 0.5) is 0 Å². The smallest absolute Gasteiger partial charge is 0.332 e. The number of hydrogen-bond donors (Lipinski definition) is 1. The highest BCUT2D eigenvalue weighted by Crippen LogP contribution is 2.07. The highest BCUT2D eigenvalue weighted by molar-refractivity contribution is 5.72. The lowest BCUT2D eigenvalue weighted by atomic mass is 10.1. The first-order valence-electron chi connectivity index (χ1n) is 3.92. The molecule has 0 amide bonds. The van der Waals surface area contributed by atoms with Gasteiger partial charge in [0.2, 0.25) is 0 Å². The Kier molecular flexibility index (Phi) is 4.86. The molecule has 0 rings (SSSR count). The van der Waals surface area contributed by atoms with Gasteiger partial charge in [0.25, 0.3) is 0 Å². The average Bonchev–Trinajstić information content (AvgIpc) is 1.86. The molecule has 0 aliphatic rings. The number of carboxylic acid groups (broad SMARTS) is 1. The average molecular weight is 160 g/mol. The van der Waals surface area contributed by atoms with Gasteiger partial charge in [0.1, 0.15) is 0 Å². The molecule has 0 radical (unpaired) electrons. The quantitative estimate of drug-likeness (QED) is 0.663. The monoisotopic (exact) mass is 160 g/mol. The highest BCUT2D eigenvalue weighted by atomic mass is 16.5. The first-order valence-corrected chi connectivity index (χ1v) is 3.92. The van der Waals surface area contributed by atoms with Crippen LogP contribution in [0.25, 0.3) is 0 Å². The van der Waals surface area contributed by atoms with Crippen molar-refractivity contribution in [2.24, 2.45) is 5.92 Å². The maximum absolute atomic E-state index is 10.5. The number of rotatable bonds is 5. The van der Waals surface area contributed by atoms with Crippen molar-refractivity contribution >= 4 is 5.97 Å². The molecule has 0 aliphatic heterocycles. The molecule has 0 bridgehead atoms. The van der Waals surface area contributed by atoms with Crippen LogP contribution in [-0.2, 0) is 9.53 Å². The minimum atomic E-state index is -0.861. The van der Waals surface area contributed by atoms with Gasteiger partial charge in [0.05, 0.1) is 0 Å². The summed E-state index contributed by atoms with van der Waals surface area (Å²) in [5.41, 5.74) is 0. The molecule has 1 unspecified atom stereocenters. The molecule has 1 N–H and O–H groups in total. The zero-order chi connectivity index (χ0) is 8.85. The lowest BCUT2D eigenvalue weighted by Gasteiger charge is -2.13. The summed E-state index contributed by atoms with van der Waals surface area (Å²) in [4.78, 5) is 10.5. The van der Waals surface area contributed by atoms with Crippen LogP contribution in [-0.4, -0.2) is 23.8 Å². The van der Waals surface area contributed by atoms with Crippen LogP contribution in [0.5, 0.6) is 0 Å². The van der Waals surface area contributed by atoms with Crippen molar-refractivity contribution in [3.05, 3.63) is 0 Å². The van der Waals surface area contributed by atoms with Gasteiger partial charge < -0.3 is 9.84 Å². The van der Waals surface area contributed by atoms with Gasteiger partial charge in [-0.05, 0) is 19.3 Å². The van der Waals surface area contributed by atoms with Gasteiger partial charge in [-0.15, -0.1) is 0 Å². The molecule has 3 heteroatoms. The van der Waals surface area contributed by atoms with Crippen LogP contribution in [0.1, 0.15) is 27.2 Å². The fourth-order valence-corrected chi connectivity index (χ4v) is 0.869. The summed E-state index contributed by atoms with van der Waals surface area (Å²) in [7, 11) is 0.